The van der Waals surface area contributed by atoms with Gasteiger partial charge in [-0.15, -0.1) is 0 Å². The van der Waals surface area contributed by atoms with Gasteiger partial charge in [-0.2, -0.15) is 0 Å². The average molecular weight is 338 g/mol. The summed E-state index contributed by atoms with van der Waals surface area (Å²) in [6, 6.07) is 15.3. The first-order chi connectivity index (χ1) is 11.6. The fraction of sp³-hybridized carbons (Fsp3) is 0.158. The van der Waals surface area contributed by atoms with Crippen molar-refractivity contribution >= 4 is 35.0 Å². The van der Waals surface area contributed by atoms with Gasteiger partial charge in [-0.3, -0.25) is 9.69 Å². The number of anilines is 1. The second-order valence-corrected chi connectivity index (χ2v) is 5.86. The van der Waals surface area contributed by atoms with Crippen molar-refractivity contribution < 1.29 is 9.53 Å². The van der Waals surface area contributed by atoms with Crippen LogP contribution in [0.5, 0.6) is 5.75 Å². The zero-order chi connectivity index (χ0) is 17.1. The number of nitrogens with one attached hydrogen (secondary N) is 1. The van der Waals surface area contributed by atoms with Gasteiger partial charge in [-0.1, -0.05) is 35.9 Å². The number of ether oxygens (including phenoxy) is 1. The van der Waals surface area contributed by atoms with Crippen LogP contribution in [0.4, 0.5) is 5.69 Å². The number of benzene rings is 2. The summed E-state index contributed by atoms with van der Waals surface area (Å²) in [6.07, 6.45) is 1.81. The summed E-state index contributed by atoms with van der Waals surface area (Å²) < 4.78 is 5.49. The largest absolute Gasteiger partial charge is 0.494 e. The van der Waals surface area contributed by atoms with E-state index in [0.717, 1.165) is 5.56 Å². The van der Waals surface area contributed by atoms with Crippen LogP contribution in [0, 0.1) is 6.92 Å². The number of amides is 1. The van der Waals surface area contributed by atoms with Crippen LogP contribution in [0.3, 0.4) is 0 Å². The van der Waals surface area contributed by atoms with E-state index in [1.807, 2.05) is 62.4 Å². The zero-order valence-electron chi connectivity index (χ0n) is 13.6. The number of hydrogen-bond acceptors (Lipinski definition) is 3. The molecular weight excluding hydrogens is 320 g/mol. The smallest absolute Gasteiger partial charge is 0.281 e. The van der Waals surface area contributed by atoms with E-state index in [1.54, 1.807) is 6.08 Å². The molecule has 122 valence electrons. The molecule has 0 aromatic heterocycles. The van der Waals surface area contributed by atoms with Gasteiger partial charge in [0.15, 0.2) is 5.11 Å². The molecule has 0 radical (unpaired) electrons. The lowest BCUT2D eigenvalue weighted by Gasteiger charge is -2.15. The molecule has 2 aromatic carbocycles. The molecular formula is C19H18N2O2S. The summed E-state index contributed by atoms with van der Waals surface area (Å²) in [5.74, 6) is 0.538. The molecule has 0 atom stereocenters. The van der Waals surface area contributed by atoms with Crippen molar-refractivity contribution in [3.05, 3.63) is 65.4 Å². The Morgan fingerprint density at radius 1 is 1.21 bits per heavy atom. The van der Waals surface area contributed by atoms with Crippen molar-refractivity contribution in [2.45, 2.75) is 13.8 Å². The number of carbonyl (C=O) groups excluding carboxylic acids is 1. The van der Waals surface area contributed by atoms with Gasteiger partial charge in [0.25, 0.3) is 5.91 Å². The highest BCUT2D eigenvalue weighted by atomic mass is 32.1. The fourth-order valence-corrected chi connectivity index (χ4v) is 2.78. The first kappa shape index (κ1) is 16.2. The Morgan fingerprint density at radius 3 is 2.67 bits per heavy atom. The summed E-state index contributed by atoms with van der Waals surface area (Å²) in [6.45, 7) is 4.51. The van der Waals surface area contributed by atoms with Gasteiger partial charge in [0, 0.05) is 6.07 Å². The number of aryl methyl sites for hydroxylation is 1. The van der Waals surface area contributed by atoms with Crippen LogP contribution in [0.2, 0.25) is 0 Å². The van der Waals surface area contributed by atoms with Gasteiger partial charge < -0.3 is 10.1 Å². The van der Waals surface area contributed by atoms with Crippen LogP contribution in [0.25, 0.3) is 6.08 Å². The Hall–Kier alpha value is -2.66. The van der Waals surface area contributed by atoms with E-state index >= 15 is 0 Å². The molecule has 5 heteroatoms. The number of nitrogens with zero attached hydrogens (tertiary/aromatic N) is 1. The Kier molecular flexibility index (Phi) is 4.62. The maximum absolute atomic E-state index is 12.7. The van der Waals surface area contributed by atoms with Crippen LogP contribution in [0.1, 0.15) is 18.1 Å². The summed E-state index contributed by atoms with van der Waals surface area (Å²) in [5, 5.41) is 3.36. The summed E-state index contributed by atoms with van der Waals surface area (Å²) >= 11 is 5.33. The third kappa shape index (κ3) is 3.31. The molecule has 4 nitrogen and oxygen atoms in total. The van der Waals surface area contributed by atoms with Gasteiger partial charge in [0.05, 0.1) is 12.3 Å². The lowest BCUT2D eigenvalue weighted by molar-refractivity contribution is -0.113. The van der Waals surface area contributed by atoms with E-state index < -0.39 is 0 Å². The zero-order valence-corrected chi connectivity index (χ0v) is 14.4. The standard InChI is InChI=1S/C19H18N2O2S/c1-3-23-16-6-4-5-15(12-16)21-18(22)17(20-19(21)24)11-14-9-7-13(2)8-10-14/h4-12H,3H2,1-2H3,(H,20,24)/b17-11-. The maximum atomic E-state index is 12.7. The lowest BCUT2D eigenvalue weighted by atomic mass is 10.1. The van der Waals surface area contributed by atoms with Crippen molar-refractivity contribution in [3.63, 3.8) is 0 Å². The third-order valence-electron chi connectivity index (χ3n) is 3.65. The molecule has 24 heavy (non-hydrogen) atoms. The first-order valence-corrected chi connectivity index (χ1v) is 8.16. The van der Waals surface area contributed by atoms with Gasteiger partial charge in [-0.05, 0) is 49.8 Å². The molecule has 3 rings (SSSR count). The predicted molar refractivity (Wildman–Crippen MR) is 100.0 cm³/mol. The first-order valence-electron chi connectivity index (χ1n) is 7.75. The van der Waals surface area contributed by atoms with Crippen molar-refractivity contribution in [1.29, 1.82) is 0 Å². The second kappa shape index (κ2) is 6.84. The summed E-state index contributed by atoms with van der Waals surface area (Å²) in [5.41, 5.74) is 3.28. The number of thiocarbonyl (C=S) groups is 1. The quantitative estimate of drug-likeness (QED) is 0.682. The lowest BCUT2D eigenvalue weighted by Crippen LogP contribution is -2.30. The predicted octanol–water partition coefficient (Wildman–Crippen LogP) is 3.66. The molecule has 2 aromatic rings. The van der Waals surface area contributed by atoms with E-state index in [-0.39, 0.29) is 5.91 Å². The molecule has 1 fully saturated rings. The average Bonchev–Trinajstić information content (AvgIpc) is 2.84. The molecule has 0 aliphatic carbocycles. The Morgan fingerprint density at radius 2 is 1.96 bits per heavy atom. The van der Waals surface area contributed by atoms with E-state index in [1.165, 1.54) is 10.5 Å². The number of rotatable bonds is 4. The monoisotopic (exact) mass is 338 g/mol. The highest BCUT2D eigenvalue weighted by Gasteiger charge is 2.32. The molecule has 1 aliphatic heterocycles. The number of hydrogen-bond donors (Lipinski definition) is 1. The minimum absolute atomic E-state index is 0.172. The van der Waals surface area contributed by atoms with E-state index in [0.29, 0.717) is 28.9 Å². The van der Waals surface area contributed by atoms with Crippen molar-refractivity contribution in [2.75, 3.05) is 11.5 Å². The molecule has 0 spiro atoms. The van der Waals surface area contributed by atoms with E-state index in [9.17, 15) is 4.79 Å². The SMILES string of the molecule is CCOc1cccc(N2C(=O)/C(=C/c3ccc(C)cc3)NC2=S)c1. The van der Waals surface area contributed by atoms with Gasteiger partial charge in [-0.25, -0.2) is 0 Å². The molecule has 0 bridgehead atoms. The molecule has 0 unspecified atom stereocenters. The molecule has 1 amide bonds. The molecule has 0 saturated carbocycles. The Bertz CT molecular complexity index is 812. The molecule has 1 saturated heterocycles. The van der Waals surface area contributed by atoms with Crippen molar-refractivity contribution in [1.82, 2.24) is 5.32 Å². The second-order valence-electron chi connectivity index (χ2n) is 5.47. The Balaban J connectivity index is 1.89. The van der Waals surface area contributed by atoms with Gasteiger partial charge >= 0.3 is 0 Å². The van der Waals surface area contributed by atoms with Crippen molar-refractivity contribution in [3.8, 4) is 5.75 Å². The molecule has 1 N–H and O–H groups in total. The molecule has 1 heterocycles. The Labute approximate surface area is 146 Å². The molecule has 1 aliphatic rings. The van der Waals surface area contributed by atoms with Crippen molar-refractivity contribution in [2.24, 2.45) is 0 Å². The van der Waals surface area contributed by atoms with Crippen LogP contribution in [0.15, 0.2) is 54.2 Å². The maximum Gasteiger partial charge on any atom is 0.281 e. The topological polar surface area (TPSA) is 41.6 Å². The highest BCUT2D eigenvalue weighted by molar-refractivity contribution is 7.80. The minimum atomic E-state index is -0.172. The summed E-state index contributed by atoms with van der Waals surface area (Å²) in [4.78, 5) is 14.2. The van der Waals surface area contributed by atoms with E-state index in [2.05, 4.69) is 5.32 Å². The normalized spacial score (nSPS) is 15.8. The van der Waals surface area contributed by atoms with Crippen LogP contribution >= 0.6 is 12.2 Å². The van der Waals surface area contributed by atoms with Crippen LogP contribution in [-0.4, -0.2) is 17.6 Å². The van der Waals surface area contributed by atoms with E-state index in [4.69, 9.17) is 17.0 Å². The van der Waals surface area contributed by atoms with Crippen LogP contribution < -0.4 is 15.0 Å². The summed E-state index contributed by atoms with van der Waals surface area (Å²) in [7, 11) is 0. The van der Waals surface area contributed by atoms with Gasteiger partial charge in [0.2, 0.25) is 0 Å². The fourth-order valence-electron chi connectivity index (χ4n) is 2.48. The highest BCUT2D eigenvalue weighted by Crippen LogP contribution is 2.26. The number of carbonyl (C=O) groups is 1. The third-order valence-corrected chi connectivity index (χ3v) is 3.94. The minimum Gasteiger partial charge on any atom is -0.494 e. The van der Waals surface area contributed by atoms with Crippen LogP contribution in [-0.2, 0) is 4.79 Å². The van der Waals surface area contributed by atoms with Gasteiger partial charge in [0.1, 0.15) is 11.4 Å².